The van der Waals surface area contributed by atoms with Gasteiger partial charge in [-0.1, -0.05) is 13.8 Å². The summed E-state index contributed by atoms with van der Waals surface area (Å²) in [6, 6.07) is -2.15. The van der Waals surface area contributed by atoms with E-state index in [0.717, 1.165) is 0 Å². The fourth-order valence-corrected chi connectivity index (χ4v) is 1.77. The first kappa shape index (κ1) is 21.0. The Bertz CT molecular complexity index is 438. The minimum absolute atomic E-state index is 0.0951. The van der Waals surface area contributed by atoms with E-state index in [4.69, 9.17) is 5.11 Å². The Hall–Kier alpha value is -2.00. The van der Waals surface area contributed by atoms with E-state index in [1.165, 1.54) is 6.92 Å². The van der Waals surface area contributed by atoms with Crippen molar-refractivity contribution >= 4 is 23.5 Å². The SMILES string of the molecule is CC(=O)NCC(=O)N[C@@H](CO)C(=O)N[C@@H](CC(C)C)C(=O)CO. The van der Waals surface area contributed by atoms with Crippen LogP contribution in [0, 0.1) is 5.92 Å². The van der Waals surface area contributed by atoms with E-state index in [9.17, 15) is 24.3 Å². The molecular weight excluding hydrogens is 306 g/mol. The number of amides is 3. The van der Waals surface area contributed by atoms with Crippen molar-refractivity contribution in [1.29, 1.82) is 0 Å². The average molecular weight is 331 g/mol. The van der Waals surface area contributed by atoms with Gasteiger partial charge in [0.15, 0.2) is 5.78 Å². The molecule has 0 rings (SSSR count). The van der Waals surface area contributed by atoms with Crippen molar-refractivity contribution in [2.45, 2.75) is 39.3 Å². The minimum Gasteiger partial charge on any atom is -0.394 e. The zero-order chi connectivity index (χ0) is 18.0. The van der Waals surface area contributed by atoms with Gasteiger partial charge in [-0.2, -0.15) is 0 Å². The van der Waals surface area contributed by atoms with Crippen LogP contribution in [0.5, 0.6) is 0 Å². The molecule has 2 atom stereocenters. The monoisotopic (exact) mass is 331 g/mol. The summed E-state index contributed by atoms with van der Waals surface area (Å²) in [4.78, 5) is 45.9. The molecule has 0 spiro atoms. The highest BCUT2D eigenvalue weighted by molar-refractivity contribution is 5.93. The molecule has 132 valence electrons. The normalized spacial score (nSPS) is 13.1. The predicted octanol–water partition coefficient (Wildman–Crippen LogP) is -2.31. The third-order valence-corrected chi connectivity index (χ3v) is 2.90. The van der Waals surface area contributed by atoms with Crippen LogP contribution in [0.4, 0.5) is 0 Å². The van der Waals surface area contributed by atoms with Gasteiger partial charge in [0, 0.05) is 6.92 Å². The maximum atomic E-state index is 12.1. The summed E-state index contributed by atoms with van der Waals surface area (Å²) in [7, 11) is 0. The van der Waals surface area contributed by atoms with E-state index in [-0.39, 0.29) is 12.5 Å². The Balaban J connectivity index is 4.69. The first-order valence-electron chi connectivity index (χ1n) is 7.29. The Labute approximate surface area is 134 Å². The summed E-state index contributed by atoms with van der Waals surface area (Å²) in [6.07, 6.45) is 0.323. The lowest BCUT2D eigenvalue weighted by Crippen LogP contribution is -2.55. The van der Waals surface area contributed by atoms with Crippen LogP contribution in [0.25, 0.3) is 0 Å². The highest BCUT2D eigenvalue weighted by Crippen LogP contribution is 2.06. The summed E-state index contributed by atoms with van der Waals surface area (Å²) in [5, 5.41) is 25.1. The second-order valence-electron chi connectivity index (χ2n) is 5.53. The number of aliphatic hydroxyl groups excluding tert-OH is 2. The molecule has 9 nitrogen and oxygen atoms in total. The smallest absolute Gasteiger partial charge is 0.245 e. The molecule has 9 heteroatoms. The van der Waals surface area contributed by atoms with Crippen molar-refractivity contribution in [3.8, 4) is 0 Å². The molecule has 0 unspecified atom stereocenters. The first-order chi connectivity index (χ1) is 10.7. The van der Waals surface area contributed by atoms with Crippen LogP contribution in [0.3, 0.4) is 0 Å². The van der Waals surface area contributed by atoms with E-state index in [1.54, 1.807) is 0 Å². The Morgan fingerprint density at radius 3 is 2.04 bits per heavy atom. The molecule has 0 aliphatic carbocycles. The Kier molecular flexibility index (Phi) is 9.75. The Morgan fingerprint density at radius 1 is 1.00 bits per heavy atom. The van der Waals surface area contributed by atoms with Crippen molar-refractivity contribution in [2.75, 3.05) is 19.8 Å². The first-order valence-corrected chi connectivity index (χ1v) is 7.29. The fraction of sp³-hybridized carbons (Fsp3) is 0.714. The molecule has 3 amide bonds. The molecule has 0 fully saturated rings. The zero-order valence-corrected chi connectivity index (χ0v) is 13.6. The Morgan fingerprint density at radius 2 is 1.61 bits per heavy atom. The molecule has 0 saturated heterocycles. The third kappa shape index (κ3) is 8.89. The summed E-state index contributed by atoms with van der Waals surface area (Å²) in [5.41, 5.74) is 0. The van der Waals surface area contributed by atoms with E-state index in [1.807, 2.05) is 13.8 Å². The molecule has 0 aromatic carbocycles. The number of ketones is 1. The van der Waals surface area contributed by atoms with Gasteiger partial charge in [0.1, 0.15) is 12.6 Å². The van der Waals surface area contributed by atoms with E-state index in [2.05, 4.69) is 16.0 Å². The summed E-state index contributed by atoms with van der Waals surface area (Å²) >= 11 is 0. The van der Waals surface area contributed by atoms with Gasteiger partial charge in [-0.3, -0.25) is 19.2 Å². The number of rotatable bonds is 10. The van der Waals surface area contributed by atoms with Gasteiger partial charge < -0.3 is 26.2 Å². The van der Waals surface area contributed by atoms with Crippen LogP contribution in [0.15, 0.2) is 0 Å². The van der Waals surface area contributed by atoms with Crippen LogP contribution >= 0.6 is 0 Å². The van der Waals surface area contributed by atoms with Gasteiger partial charge in [0.05, 0.1) is 19.2 Å². The van der Waals surface area contributed by atoms with Crippen LogP contribution in [0.1, 0.15) is 27.2 Å². The minimum atomic E-state index is -1.25. The number of carbonyl (C=O) groups excluding carboxylic acids is 4. The topological polar surface area (TPSA) is 145 Å². The molecule has 0 aromatic rings. The molecule has 0 radical (unpaired) electrons. The van der Waals surface area contributed by atoms with Gasteiger partial charge in [-0.25, -0.2) is 0 Å². The van der Waals surface area contributed by atoms with Crippen LogP contribution < -0.4 is 16.0 Å². The number of carbonyl (C=O) groups is 4. The number of aliphatic hydroxyl groups is 2. The second-order valence-corrected chi connectivity index (χ2v) is 5.53. The van der Waals surface area contributed by atoms with Crippen molar-refractivity contribution in [1.82, 2.24) is 16.0 Å². The van der Waals surface area contributed by atoms with Crippen molar-refractivity contribution in [2.24, 2.45) is 5.92 Å². The molecule has 0 saturated carbocycles. The quantitative estimate of drug-likeness (QED) is 0.304. The maximum Gasteiger partial charge on any atom is 0.245 e. The van der Waals surface area contributed by atoms with Crippen LogP contribution in [-0.2, 0) is 19.2 Å². The lowest BCUT2D eigenvalue weighted by Gasteiger charge is -2.22. The van der Waals surface area contributed by atoms with E-state index < -0.39 is 48.8 Å². The highest BCUT2D eigenvalue weighted by Gasteiger charge is 2.26. The van der Waals surface area contributed by atoms with E-state index in [0.29, 0.717) is 6.42 Å². The summed E-state index contributed by atoms with van der Waals surface area (Å²) in [6.45, 7) is 3.23. The molecule has 0 heterocycles. The third-order valence-electron chi connectivity index (χ3n) is 2.90. The molecule has 0 aliphatic rings. The van der Waals surface area contributed by atoms with Crippen molar-refractivity contribution < 1.29 is 29.4 Å². The van der Waals surface area contributed by atoms with Crippen LogP contribution in [-0.4, -0.2) is 65.6 Å². The largest absolute Gasteiger partial charge is 0.394 e. The van der Waals surface area contributed by atoms with Gasteiger partial charge in [-0.05, 0) is 12.3 Å². The van der Waals surface area contributed by atoms with Crippen molar-refractivity contribution in [3.63, 3.8) is 0 Å². The number of hydrogen-bond acceptors (Lipinski definition) is 6. The maximum absolute atomic E-state index is 12.1. The molecule has 23 heavy (non-hydrogen) atoms. The molecular formula is C14H25N3O6. The summed E-state index contributed by atoms with van der Waals surface area (Å²) in [5.74, 6) is -2.25. The van der Waals surface area contributed by atoms with Gasteiger partial charge in [-0.15, -0.1) is 0 Å². The van der Waals surface area contributed by atoms with E-state index >= 15 is 0 Å². The predicted molar refractivity (Wildman–Crippen MR) is 81.2 cm³/mol. The fourth-order valence-electron chi connectivity index (χ4n) is 1.77. The lowest BCUT2D eigenvalue weighted by molar-refractivity contribution is -0.133. The lowest BCUT2D eigenvalue weighted by atomic mass is 10.00. The standard InChI is InChI=1S/C14H25N3O6/c1-8(2)4-10(12(21)7-19)17-14(23)11(6-18)16-13(22)5-15-9(3)20/h8,10-11,18-19H,4-7H2,1-3H3,(H,15,20)(H,16,22)(H,17,23)/t10-,11-/m0/s1. The van der Waals surface area contributed by atoms with Gasteiger partial charge in [0.2, 0.25) is 17.7 Å². The summed E-state index contributed by atoms with van der Waals surface area (Å²) < 4.78 is 0. The average Bonchev–Trinajstić information content (AvgIpc) is 2.48. The second kappa shape index (κ2) is 10.7. The van der Waals surface area contributed by atoms with Gasteiger partial charge in [0.25, 0.3) is 0 Å². The zero-order valence-electron chi connectivity index (χ0n) is 13.6. The number of nitrogens with one attached hydrogen (secondary N) is 3. The van der Waals surface area contributed by atoms with Crippen molar-refractivity contribution in [3.05, 3.63) is 0 Å². The molecule has 5 N–H and O–H groups in total. The van der Waals surface area contributed by atoms with Gasteiger partial charge >= 0.3 is 0 Å². The molecule has 0 bridgehead atoms. The molecule has 0 aliphatic heterocycles. The molecule has 0 aromatic heterocycles. The number of Topliss-reactive ketones (excluding diaryl/α,β-unsaturated/α-hetero) is 1. The number of hydrogen-bond donors (Lipinski definition) is 5. The van der Waals surface area contributed by atoms with Crippen LogP contribution in [0.2, 0.25) is 0 Å². The highest BCUT2D eigenvalue weighted by atomic mass is 16.3.